The maximum atomic E-state index is 12.8. The predicted molar refractivity (Wildman–Crippen MR) is 93.1 cm³/mol. The van der Waals surface area contributed by atoms with Crippen LogP contribution in [-0.4, -0.2) is 37.7 Å². The highest BCUT2D eigenvalue weighted by Crippen LogP contribution is 2.26. The number of carbonyl (C=O) groups excluding carboxylic acids is 1. The van der Waals surface area contributed by atoms with E-state index in [4.69, 9.17) is 0 Å². The van der Waals surface area contributed by atoms with E-state index in [9.17, 15) is 14.7 Å². The van der Waals surface area contributed by atoms with Crippen molar-refractivity contribution in [2.75, 3.05) is 0 Å². The molecule has 6 nitrogen and oxygen atoms in total. The van der Waals surface area contributed by atoms with E-state index in [1.807, 2.05) is 55.8 Å². The van der Waals surface area contributed by atoms with E-state index in [1.165, 1.54) is 4.90 Å². The zero-order valence-electron chi connectivity index (χ0n) is 14.8. The number of nitrogens with zero attached hydrogens (tertiary/aromatic N) is 3. The molecular formula is C19H23N3O3. The molecule has 0 unspecified atom stereocenters. The second kappa shape index (κ2) is 6.70. The second-order valence-electron chi connectivity index (χ2n) is 6.77. The summed E-state index contributed by atoms with van der Waals surface area (Å²) >= 11 is 0. The molecule has 0 saturated carbocycles. The zero-order chi connectivity index (χ0) is 18.1. The number of carboxylic acids is 1. The van der Waals surface area contributed by atoms with Crippen molar-refractivity contribution in [3.05, 3.63) is 52.8 Å². The molecule has 6 heteroatoms. The van der Waals surface area contributed by atoms with Gasteiger partial charge in [0, 0.05) is 25.1 Å². The first-order valence-corrected chi connectivity index (χ1v) is 8.48. The Labute approximate surface area is 147 Å². The van der Waals surface area contributed by atoms with Gasteiger partial charge >= 0.3 is 5.97 Å². The van der Waals surface area contributed by atoms with Crippen LogP contribution in [0.2, 0.25) is 0 Å². The summed E-state index contributed by atoms with van der Waals surface area (Å²) in [7, 11) is 0. The molecular weight excluding hydrogens is 318 g/mol. The van der Waals surface area contributed by atoms with Gasteiger partial charge in [-0.05, 0) is 38.0 Å². The third-order valence-electron chi connectivity index (χ3n) is 4.79. The first-order chi connectivity index (χ1) is 11.9. The fourth-order valence-electron chi connectivity index (χ4n) is 3.55. The van der Waals surface area contributed by atoms with Gasteiger partial charge in [0.05, 0.1) is 11.7 Å². The van der Waals surface area contributed by atoms with Crippen molar-refractivity contribution in [2.24, 2.45) is 0 Å². The fraction of sp³-hybridized carbons (Fsp3) is 0.421. The Morgan fingerprint density at radius 3 is 2.56 bits per heavy atom. The lowest BCUT2D eigenvalue weighted by Crippen LogP contribution is -2.49. The molecule has 3 rings (SSSR count). The smallest absolute Gasteiger partial charge is 0.326 e. The number of amides is 1. The van der Waals surface area contributed by atoms with Gasteiger partial charge < -0.3 is 10.0 Å². The number of carboxylic acid groups (broad SMARTS) is 1. The molecule has 2 heterocycles. The number of aryl methyl sites for hydroxylation is 2. The lowest BCUT2D eigenvalue weighted by molar-refractivity contribution is -0.151. The van der Waals surface area contributed by atoms with Crippen LogP contribution in [0, 0.1) is 13.8 Å². The average Bonchev–Trinajstić information content (AvgIpc) is 2.92. The number of rotatable bonds is 4. The van der Waals surface area contributed by atoms with Crippen LogP contribution in [0.3, 0.4) is 0 Å². The van der Waals surface area contributed by atoms with Gasteiger partial charge in [0.1, 0.15) is 6.04 Å². The van der Waals surface area contributed by atoms with Crippen LogP contribution in [0.1, 0.15) is 41.9 Å². The number of hydrogen-bond donors (Lipinski definition) is 1. The van der Waals surface area contributed by atoms with Crippen molar-refractivity contribution in [2.45, 2.75) is 52.2 Å². The van der Waals surface area contributed by atoms with Crippen LogP contribution < -0.4 is 0 Å². The summed E-state index contributed by atoms with van der Waals surface area (Å²) in [5.41, 5.74) is 3.93. The summed E-state index contributed by atoms with van der Waals surface area (Å²) in [6.07, 6.45) is 0.583. The summed E-state index contributed by atoms with van der Waals surface area (Å²) in [5.74, 6) is -1.11. The maximum Gasteiger partial charge on any atom is 0.326 e. The minimum absolute atomic E-state index is 0.118. The Kier molecular flexibility index (Phi) is 4.61. The number of hydrogen-bond acceptors (Lipinski definition) is 3. The molecule has 0 fully saturated rings. The van der Waals surface area contributed by atoms with E-state index >= 15 is 0 Å². The van der Waals surface area contributed by atoms with Crippen LogP contribution in [0.4, 0.5) is 0 Å². The summed E-state index contributed by atoms with van der Waals surface area (Å²) in [4.78, 5) is 26.0. The number of benzene rings is 1. The molecule has 0 aliphatic carbocycles. The Bertz CT molecular complexity index is 812. The van der Waals surface area contributed by atoms with Gasteiger partial charge in [-0.15, -0.1) is 0 Å². The molecule has 1 amide bonds. The second-order valence-corrected chi connectivity index (χ2v) is 6.77. The van der Waals surface area contributed by atoms with E-state index in [1.54, 1.807) is 0 Å². The molecule has 0 bridgehead atoms. The topological polar surface area (TPSA) is 75.4 Å². The van der Waals surface area contributed by atoms with Crippen LogP contribution in [0.25, 0.3) is 0 Å². The van der Waals surface area contributed by atoms with Gasteiger partial charge in [-0.2, -0.15) is 5.10 Å². The van der Waals surface area contributed by atoms with Crippen LogP contribution in [0.15, 0.2) is 30.3 Å². The molecule has 2 aromatic rings. The summed E-state index contributed by atoms with van der Waals surface area (Å²) in [5, 5.41) is 14.0. The third kappa shape index (κ3) is 3.43. The van der Waals surface area contributed by atoms with Crippen molar-refractivity contribution < 1.29 is 14.7 Å². The van der Waals surface area contributed by atoms with Gasteiger partial charge in [0.2, 0.25) is 5.91 Å². The Hall–Kier alpha value is -2.63. The third-order valence-corrected chi connectivity index (χ3v) is 4.79. The highest BCUT2D eigenvalue weighted by molar-refractivity contribution is 5.84. The molecule has 25 heavy (non-hydrogen) atoms. The molecule has 1 aromatic heterocycles. The van der Waals surface area contributed by atoms with Gasteiger partial charge in [-0.3, -0.25) is 9.48 Å². The molecule has 0 radical (unpaired) electrons. The summed E-state index contributed by atoms with van der Waals surface area (Å²) in [6.45, 7) is 6.15. The minimum Gasteiger partial charge on any atom is -0.480 e. The summed E-state index contributed by atoms with van der Waals surface area (Å²) in [6, 6.07) is 8.76. The first-order valence-electron chi connectivity index (χ1n) is 8.48. The predicted octanol–water partition coefficient (Wildman–Crippen LogP) is 2.49. The highest BCUT2D eigenvalue weighted by Gasteiger charge is 2.35. The number of aliphatic carboxylic acids is 1. The number of carbonyl (C=O) groups is 2. The van der Waals surface area contributed by atoms with Gasteiger partial charge in [0.15, 0.2) is 0 Å². The van der Waals surface area contributed by atoms with E-state index in [2.05, 4.69) is 5.10 Å². The molecule has 1 aliphatic rings. The van der Waals surface area contributed by atoms with Crippen molar-refractivity contribution in [1.82, 2.24) is 14.7 Å². The Balaban J connectivity index is 1.80. The normalized spacial score (nSPS) is 17.9. The highest BCUT2D eigenvalue weighted by atomic mass is 16.4. The van der Waals surface area contributed by atoms with E-state index in [-0.39, 0.29) is 18.4 Å². The van der Waals surface area contributed by atoms with Crippen LogP contribution in [-0.2, 0) is 22.6 Å². The molecule has 0 saturated heterocycles. The van der Waals surface area contributed by atoms with Gasteiger partial charge in [-0.1, -0.05) is 24.3 Å². The Morgan fingerprint density at radius 2 is 1.96 bits per heavy atom. The number of aromatic nitrogens is 2. The minimum atomic E-state index is -0.957. The Morgan fingerprint density at radius 1 is 1.28 bits per heavy atom. The van der Waals surface area contributed by atoms with Crippen molar-refractivity contribution in [3.8, 4) is 0 Å². The van der Waals surface area contributed by atoms with Crippen molar-refractivity contribution >= 4 is 11.9 Å². The lowest BCUT2D eigenvalue weighted by Gasteiger charge is -2.35. The van der Waals surface area contributed by atoms with E-state index < -0.39 is 12.0 Å². The van der Waals surface area contributed by atoms with E-state index in [0.717, 1.165) is 22.5 Å². The largest absolute Gasteiger partial charge is 0.480 e. The molecule has 1 N–H and O–H groups in total. The van der Waals surface area contributed by atoms with Crippen molar-refractivity contribution in [3.63, 3.8) is 0 Å². The quantitative estimate of drug-likeness (QED) is 0.927. The fourth-order valence-corrected chi connectivity index (χ4v) is 3.55. The molecule has 2 atom stereocenters. The summed E-state index contributed by atoms with van der Waals surface area (Å²) < 4.78 is 1.83. The number of fused-ring (bicyclic) bond motifs is 1. The van der Waals surface area contributed by atoms with E-state index in [0.29, 0.717) is 13.0 Å². The van der Waals surface area contributed by atoms with Gasteiger partial charge in [0.25, 0.3) is 0 Å². The standard InChI is InChI=1S/C19H23N3O3/c1-12-8-13(2)22(20-12)14(3)9-18(23)21-11-16-7-5-4-6-15(16)10-17(21)19(24)25/h4-8,14,17H,9-11H2,1-3H3,(H,24,25)/t14-,17+/m1/s1. The van der Waals surface area contributed by atoms with Crippen LogP contribution in [0.5, 0.6) is 0 Å². The molecule has 1 aliphatic heterocycles. The first kappa shape index (κ1) is 17.2. The van der Waals surface area contributed by atoms with Crippen molar-refractivity contribution in [1.29, 1.82) is 0 Å². The van der Waals surface area contributed by atoms with Gasteiger partial charge in [-0.25, -0.2) is 4.79 Å². The molecule has 1 aromatic carbocycles. The van der Waals surface area contributed by atoms with Crippen LogP contribution >= 0.6 is 0 Å². The lowest BCUT2D eigenvalue weighted by atomic mass is 9.93. The molecule has 0 spiro atoms. The molecule has 132 valence electrons. The average molecular weight is 341 g/mol. The maximum absolute atomic E-state index is 12.8. The monoisotopic (exact) mass is 341 g/mol. The zero-order valence-corrected chi connectivity index (χ0v) is 14.8. The SMILES string of the molecule is Cc1cc(C)n([C@H](C)CC(=O)N2Cc3ccccc3C[C@H]2C(=O)O)n1.